The molecule has 0 aliphatic carbocycles. The second-order valence-corrected chi connectivity index (χ2v) is 8.09. The first-order valence-corrected chi connectivity index (χ1v) is 11.3. The average molecular weight is 563 g/mol. The van der Waals surface area contributed by atoms with Gasteiger partial charge in [-0.2, -0.15) is 0 Å². The molecule has 2 atom stereocenters. The van der Waals surface area contributed by atoms with Crippen molar-refractivity contribution in [2.75, 3.05) is 18.4 Å². The van der Waals surface area contributed by atoms with Gasteiger partial charge in [-0.15, -0.1) is 24.0 Å². The monoisotopic (exact) mass is 563 g/mol. The van der Waals surface area contributed by atoms with Gasteiger partial charge in [-0.05, 0) is 49.6 Å². The van der Waals surface area contributed by atoms with Crippen LogP contribution in [0.1, 0.15) is 61.0 Å². The van der Waals surface area contributed by atoms with Gasteiger partial charge in [-0.3, -0.25) is 9.59 Å². The molecule has 178 valence electrons. The normalized spacial score (nSPS) is 16.0. The molecule has 2 unspecified atom stereocenters. The molecular formula is C25H34IN5O2. The molecule has 33 heavy (non-hydrogen) atoms. The molecule has 0 spiro atoms. The minimum absolute atomic E-state index is 0. The molecule has 0 saturated carbocycles. The standard InChI is InChI=1S/C25H33N5O2.HI/c1-4-17(3)29-24(32)19-12-10-18(11-13-19)15-27-25(26-5-2)28-16-20-14-23(31)30-22-9-7-6-8-21(20)22;/h6-13,17,20H,4-5,14-16H2,1-3H3,(H,29,32)(H,30,31)(H2,26,27,28);1H. The zero-order valence-electron chi connectivity index (χ0n) is 19.5. The SMILES string of the molecule is CCNC(=NCc1ccc(C(=O)NC(C)CC)cc1)NCC1CC(=O)Nc2ccccc21.I. The van der Waals surface area contributed by atoms with E-state index in [2.05, 4.69) is 32.3 Å². The van der Waals surface area contributed by atoms with Crippen molar-refractivity contribution in [1.82, 2.24) is 16.0 Å². The van der Waals surface area contributed by atoms with E-state index in [1.165, 1.54) is 0 Å². The van der Waals surface area contributed by atoms with Gasteiger partial charge in [0.1, 0.15) is 0 Å². The second-order valence-electron chi connectivity index (χ2n) is 8.09. The highest BCUT2D eigenvalue weighted by molar-refractivity contribution is 14.0. The van der Waals surface area contributed by atoms with Crippen molar-refractivity contribution in [2.24, 2.45) is 4.99 Å². The number of hydrogen-bond acceptors (Lipinski definition) is 3. The van der Waals surface area contributed by atoms with Gasteiger partial charge >= 0.3 is 0 Å². The molecule has 0 radical (unpaired) electrons. The van der Waals surface area contributed by atoms with Crippen molar-refractivity contribution in [3.63, 3.8) is 0 Å². The van der Waals surface area contributed by atoms with E-state index in [0.717, 1.165) is 29.8 Å². The summed E-state index contributed by atoms with van der Waals surface area (Å²) in [5.41, 5.74) is 3.69. The van der Waals surface area contributed by atoms with Gasteiger partial charge in [0, 0.05) is 42.7 Å². The Kier molecular flexibility index (Phi) is 10.6. The number of anilines is 1. The summed E-state index contributed by atoms with van der Waals surface area (Å²) in [6.07, 6.45) is 1.35. The highest BCUT2D eigenvalue weighted by atomic mass is 127. The van der Waals surface area contributed by atoms with Crippen LogP contribution in [0.15, 0.2) is 53.5 Å². The molecule has 2 aromatic carbocycles. The topological polar surface area (TPSA) is 94.6 Å². The third-order valence-electron chi connectivity index (χ3n) is 5.59. The predicted octanol–water partition coefficient (Wildman–Crippen LogP) is 4.01. The van der Waals surface area contributed by atoms with Crippen LogP contribution in [0.2, 0.25) is 0 Å². The predicted molar refractivity (Wildman–Crippen MR) is 144 cm³/mol. The number of halogens is 1. The first-order chi connectivity index (χ1) is 15.5. The first-order valence-electron chi connectivity index (χ1n) is 11.3. The van der Waals surface area contributed by atoms with Crippen molar-refractivity contribution >= 4 is 47.4 Å². The summed E-state index contributed by atoms with van der Waals surface area (Å²) in [6.45, 7) is 7.90. The Morgan fingerprint density at radius 1 is 1.12 bits per heavy atom. The number of aliphatic imine (C=N–C) groups is 1. The van der Waals surface area contributed by atoms with E-state index in [4.69, 9.17) is 0 Å². The summed E-state index contributed by atoms with van der Waals surface area (Å²) in [4.78, 5) is 29.0. The summed E-state index contributed by atoms with van der Waals surface area (Å²) in [7, 11) is 0. The fourth-order valence-electron chi connectivity index (χ4n) is 3.59. The van der Waals surface area contributed by atoms with Crippen LogP contribution < -0.4 is 21.3 Å². The van der Waals surface area contributed by atoms with Gasteiger partial charge in [0.15, 0.2) is 5.96 Å². The number of hydrogen-bond donors (Lipinski definition) is 4. The Hall–Kier alpha value is -2.62. The summed E-state index contributed by atoms with van der Waals surface area (Å²) in [6, 6.07) is 15.6. The smallest absolute Gasteiger partial charge is 0.251 e. The van der Waals surface area contributed by atoms with Crippen LogP contribution in [-0.2, 0) is 11.3 Å². The lowest BCUT2D eigenvalue weighted by atomic mass is 9.90. The molecule has 8 heteroatoms. The molecule has 7 nitrogen and oxygen atoms in total. The lowest BCUT2D eigenvalue weighted by molar-refractivity contribution is -0.116. The maximum atomic E-state index is 12.2. The van der Waals surface area contributed by atoms with Crippen LogP contribution in [0, 0.1) is 0 Å². The van der Waals surface area contributed by atoms with E-state index >= 15 is 0 Å². The van der Waals surface area contributed by atoms with Crippen molar-refractivity contribution < 1.29 is 9.59 Å². The van der Waals surface area contributed by atoms with Gasteiger partial charge in [-0.25, -0.2) is 4.99 Å². The Bertz CT molecular complexity index is 962. The summed E-state index contributed by atoms with van der Waals surface area (Å²) in [5, 5.41) is 12.5. The maximum absolute atomic E-state index is 12.2. The Balaban J connectivity index is 0.00000385. The zero-order valence-corrected chi connectivity index (χ0v) is 21.8. The Morgan fingerprint density at radius 3 is 2.55 bits per heavy atom. The molecule has 1 aliphatic rings. The van der Waals surface area contributed by atoms with Crippen molar-refractivity contribution in [3.05, 3.63) is 65.2 Å². The number of rotatable bonds is 8. The van der Waals surface area contributed by atoms with Crippen LogP contribution in [0.4, 0.5) is 5.69 Å². The van der Waals surface area contributed by atoms with E-state index in [1.54, 1.807) is 0 Å². The molecule has 3 rings (SSSR count). The fraction of sp³-hybridized carbons (Fsp3) is 0.400. The van der Waals surface area contributed by atoms with E-state index in [0.29, 0.717) is 31.0 Å². The number of guanidine groups is 1. The average Bonchev–Trinajstić information content (AvgIpc) is 2.80. The van der Waals surface area contributed by atoms with Gasteiger partial charge in [0.25, 0.3) is 5.91 Å². The minimum Gasteiger partial charge on any atom is -0.357 e. The largest absolute Gasteiger partial charge is 0.357 e. The third kappa shape index (κ3) is 7.73. The van der Waals surface area contributed by atoms with Gasteiger partial charge < -0.3 is 21.3 Å². The van der Waals surface area contributed by atoms with E-state index in [9.17, 15) is 9.59 Å². The van der Waals surface area contributed by atoms with Crippen molar-refractivity contribution in [1.29, 1.82) is 0 Å². The van der Waals surface area contributed by atoms with E-state index < -0.39 is 0 Å². The Morgan fingerprint density at radius 2 is 1.85 bits per heavy atom. The summed E-state index contributed by atoms with van der Waals surface area (Å²) >= 11 is 0. The van der Waals surface area contributed by atoms with Gasteiger partial charge in [0.2, 0.25) is 5.91 Å². The highest BCUT2D eigenvalue weighted by Gasteiger charge is 2.24. The molecule has 0 fully saturated rings. The lowest BCUT2D eigenvalue weighted by Gasteiger charge is -2.26. The van der Waals surface area contributed by atoms with Crippen molar-refractivity contribution in [2.45, 2.75) is 52.1 Å². The number of nitrogens with zero attached hydrogens (tertiary/aromatic N) is 1. The zero-order chi connectivity index (χ0) is 22.9. The fourth-order valence-corrected chi connectivity index (χ4v) is 3.59. The molecule has 2 amide bonds. The number of benzene rings is 2. The van der Waals surface area contributed by atoms with E-state index in [1.807, 2.05) is 63.2 Å². The number of para-hydroxylation sites is 1. The molecule has 2 aromatic rings. The summed E-state index contributed by atoms with van der Waals surface area (Å²) in [5.74, 6) is 0.776. The molecule has 1 aliphatic heterocycles. The number of carbonyl (C=O) groups is 2. The maximum Gasteiger partial charge on any atom is 0.251 e. The van der Waals surface area contributed by atoms with Crippen LogP contribution in [-0.4, -0.2) is 36.9 Å². The number of nitrogens with one attached hydrogen (secondary N) is 4. The van der Waals surface area contributed by atoms with Crippen LogP contribution in [0.25, 0.3) is 0 Å². The number of fused-ring (bicyclic) bond motifs is 1. The van der Waals surface area contributed by atoms with Crippen LogP contribution in [0.3, 0.4) is 0 Å². The van der Waals surface area contributed by atoms with Crippen molar-refractivity contribution in [3.8, 4) is 0 Å². The van der Waals surface area contributed by atoms with Gasteiger partial charge in [0.05, 0.1) is 6.54 Å². The molecule has 0 bridgehead atoms. The first kappa shape index (κ1) is 26.6. The molecular weight excluding hydrogens is 529 g/mol. The van der Waals surface area contributed by atoms with E-state index in [-0.39, 0.29) is 47.8 Å². The molecule has 0 aromatic heterocycles. The lowest BCUT2D eigenvalue weighted by Crippen LogP contribution is -2.40. The summed E-state index contributed by atoms with van der Waals surface area (Å²) < 4.78 is 0. The second kappa shape index (κ2) is 13.2. The van der Waals surface area contributed by atoms with Crippen LogP contribution >= 0.6 is 24.0 Å². The van der Waals surface area contributed by atoms with Gasteiger partial charge in [-0.1, -0.05) is 37.3 Å². The third-order valence-corrected chi connectivity index (χ3v) is 5.59. The minimum atomic E-state index is -0.0544. The number of amides is 2. The molecule has 1 heterocycles. The molecule has 0 saturated heterocycles. The Labute approximate surface area is 213 Å². The van der Waals surface area contributed by atoms with Crippen LogP contribution in [0.5, 0.6) is 0 Å². The number of carbonyl (C=O) groups excluding carboxylic acids is 2. The molecule has 4 N–H and O–H groups in total. The quantitative estimate of drug-likeness (QED) is 0.222. The highest BCUT2D eigenvalue weighted by Crippen LogP contribution is 2.31.